The first-order valence-corrected chi connectivity index (χ1v) is 4.74. The molecular formula is C9H11F2N2O2. The Labute approximate surface area is 85.4 Å². The number of carbonyl (C=O) groups is 2. The van der Waals surface area contributed by atoms with E-state index in [1.54, 1.807) is 0 Å². The molecule has 2 amide bonds. The fourth-order valence-corrected chi connectivity index (χ4v) is 1.65. The van der Waals surface area contributed by atoms with Gasteiger partial charge in [-0.25, -0.2) is 8.78 Å². The number of alkyl halides is 2. The van der Waals surface area contributed by atoms with E-state index >= 15 is 0 Å². The van der Waals surface area contributed by atoms with Gasteiger partial charge in [-0.3, -0.25) is 9.59 Å². The smallest absolute Gasteiger partial charge is 0.294 e. The highest BCUT2D eigenvalue weighted by Gasteiger charge is 2.60. The Morgan fingerprint density at radius 2 is 2.00 bits per heavy atom. The van der Waals surface area contributed by atoms with Gasteiger partial charge >= 0.3 is 0 Å². The number of hydrogen-bond acceptors (Lipinski definition) is 2. The zero-order chi connectivity index (χ0) is 11.2. The van der Waals surface area contributed by atoms with E-state index < -0.39 is 30.3 Å². The van der Waals surface area contributed by atoms with Crippen LogP contribution in [0.5, 0.6) is 0 Å². The van der Waals surface area contributed by atoms with Crippen LogP contribution in [0.2, 0.25) is 0 Å². The summed E-state index contributed by atoms with van der Waals surface area (Å²) >= 11 is 0. The lowest BCUT2D eigenvalue weighted by molar-refractivity contribution is -0.194. The lowest BCUT2D eigenvalue weighted by Crippen LogP contribution is -2.71. The molecule has 83 valence electrons. The van der Waals surface area contributed by atoms with E-state index in [0.29, 0.717) is 0 Å². The Hall–Kier alpha value is -1.20. The summed E-state index contributed by atoms with van der Waals surface area (Å²) in [7, 11) is 0. The average Bonchev–Trinajstić information content (AvgIpc) is 2.82. The first kappa shape index (κ1) is 10.3. The van der Waals surface area contributed by atoms with Crippen LogP contribution >= 0.6 is 0 Å². The van der Waals surface area contributed by atoms with Gasteiger partial charge in [0.15, 0.2) is 6.04 Å². The Bertz CT molecular complexity index is 315. The maximum absolute atomic E-state index is 12.9. The van der Waals surface area contributed by atoms with E-state index in [0.717, 1.165) is 17.7 Å². The van der Waals surface area contributed by atoms with Crippen LogP contribution in [0.3, 0.4) is 0 Å². The number of nitrogens with two attached hydrogens (primary N) is 1. The van der Waals surface area contributed by atoms with Crippen LogP contribution < -0.4 is 5.73 Å². The van der Waals surface area contributed by atoms with Crippen molar-refractivity contribution in [1.82, 2.24) is 4.90 Å². The zero-order valence-electron chi connectivity index (χ0n) is 7.95. The highest BCUT2D eigenvalue weighted by Crippen LogP contribution is 2.38. The first-order valence-electron chi connectivity index (χ1n) is 4.74. The summed E-state index contributed by atoms with van der Waals surface area (Å²) in [6.07, 6.45) is 3.22. The van der Waals surface area contributed by atoms with Gasteiger partial charge in [0.25, 0.3) is 5.92 Å². The minimum atomic E-state index is -3.17. The van der Waals surface area contributed by atoms with Gasteiger partial charge in [-0.15, -0.1) is 0 Å². The van der Waals surface area contributed by atoms with E-state index in [1.807, 2.05) is 0 Å². The molecule has 1 heterocycles. The summed E-state index contributed by atoms with van der Waals surface area (Å²) < 4.78 is 25.8. The molecule has 0 aromatic carbocycles. The summed E-state index contributed by atoms with van der Waals surface area (Å²) in [5, 5.41) is 0. The quantitative estimate of drug-likeness (QED) is 0.719. The molecule has 1 aliphatic carbocycles. The van der Waals surface area contributed by atoms with E-state index in [4.69, 9.17) is 5.73 Å². The standard InChI is InChI=1S/C9H11F2N2O2/c10-9(11)4-13(7(9)8(12)15)6(14)3-5-1-2-5/h3,5,7H,1-2,4H2,(H2,12,15)/t7-/m1/s1. The molecule has 4 nitrogen and oxygen atoms in total. The average molecular weight is 217 g/mol. The molecule has 1 saturated carbocycles. The lowest BCUT2D eigenvalue weighted by atomic mass is 9.96. The molecular weight excluding hydrogens is 206 g/mol. The molecule has 0 bridgehead atoms. The van der Waals surface area contributed by atoms with Gasteiger partial charge in [0.2, 0.25) is 11.8 Å². The van der Waals surface area contributed by atoms with Gasteiger partial charge in [0, 0.05) is 0 Å². The van der Waals surface area contributed by atoms with Gasteiger partial charge < -0.3 is 10.6 Å². The Kier molecular flexibility index (Phi) is 2.17. The molecule has 0 unspecified atom stereocenters. The predicted molar refractivity (Wildman–Crippen MR) is 46.7 cm³/mol. The number of nitrogens with zero attached hydrogens (tertiary/aromatic N) is 1. The summed E-state index contributed by atoms with van der Waals surface area (Å²) in [5.74, 6) is -4.63. The zero-order valence-corrected chi connectivity index (χ0v) is 7.95. The molecule has 0 aromatic rings. The lowest BCUT2D eigenvalue weighted by Gasteiger charge is -2.45. The van der Waals surface area contributed by atoms with Crippen molar-refractivity contribution in [2.75, 3.05) is 6.54 Å². The summed E-state index contributed by atoms with van der Waals surface area (Å²) in [6.45, 7) is -0.706. The minimum Gasteiger partial charge on any atom is -0.368 e. The van der Waals surface area contributed by atoms with Crippen LogP contribution in [0, 0.1) is 12.3 Å². The van der Waals surface area contributed by atoms with Crippen molar-refractivity contribution in [3.63, 3.8) is 0 Å². The van der Waals surface area contributed by atoms with Crippen molar-refractivity contribution in [3.8, 4) is 0 Å². The monoisotopic (exact) mass is 217 g/mol. The highest BCUT2D eigenvalue weighted by atomic mass is 19.3. The molecule has 2 N–H and O–H groups in total. The first-order chi connectivity index (χ1) is 6.92. The number of likely N-dealkylation sites (tertiary alicyclic amines) is 1. The van der Waals surface area contributed by atoms with E-state index in [1.165, 1.54) is 6.42 Å². The summed E-state index contributed by atoms with van der Waals surface area (Å²) in [5.41, 5.74) is 4.82. The third-order valence-electron chi connectivity index (χ3n) is 2.65. The SMILES string of the molecule is NC(=O)[C@H]1N(C(=O)[CH]C2CC2)CC1(F)F. The molecule has 2 aliphatic rings. The molecule has 1 saturated heterocycles. The van der Waals surface area contributed by atoms with Crippen LogP contribution in [0.4, 0.5) is 8.78 Å². The number of halogens is 2. The third-order valence-corrected chi connectivity index (χ3v) is 2.65. The van der Waals surface area contributed by atoms with Crippen molar-refractivity contribution < 1.29 is 18.4 Å². The number of hydrogen-bond donors (Lipinski definition) is 1. The maximum atomic E-state index is 12.9. The second-order valence-electron chi connectivity index (χ2n) is 4.04. The fourth-order valence-electron chi connectivity index (χ4n) is 1.65. The summed E-state index contributed by atoms with van der Waals surface area (Å²) in [4.78, 5) is 23.0. The number of amides is 2. The fraction of sp³-hybridized carbons (Fsp3) is 0.667. The van der Waals surface area contributed by atoms with E-state index in [-0.39, 0.29) is 5.92 Å². The van der Waals surface area contributed by atoms with Crippen molar-refractivity contribution >= 4 is 11.8 Å². The van der Waals surface area contributed by atoms with E-state index in [2.05, 4.69) is 0 Å². The van der Waals surface area contributed by atoms with Gasteiger partial charge in [0.1, 0.15) is 0 Å². The minimum absolute atomic E-state index is 0.195. The number of rotatable bonds is 3. The second kappa shape index (κ2) is 3.15. The normalized spacial score (nSPS) is 28.4. The maximum Gasteiger partial charge on any atom is 0.294 e. The Balaban J connectivity index is 1.98. The van der Waals surface area contributed by atoms with Crippen LogP contribution in [0.25, 0.3) is 0 Å². The molecule has 1 radical (unpaired) electrons. The van der Waals surface area contributed by atoms with Gasteiger partial charge in [-0.2, -0.15) is 0 Å². The van der Waals surface area contributed by atoms with Crippen molar-refractivity contribution in [1.29, 1.82) is 0 Å². The van der Waals surface area contributed by atoms with E-state index in [9.17, 15) is 18.4 Å². The molecule has 0 aromatic heterocycles. The molecule has 1 atom stereocenters. The van der Waals surface area contributed by atoms with Gasteiger partial charge in [0.05, 0.1) is 13.0 Å². The van der Waals surface area contributed by atoms with Crippen LogP contribution in [0.15, 0.2) is 0 Å². The second-order valence-corrected chi connectivity index (χ2v) is 4.04. The third kappa shape index (κ3) is 1.80. The van der Waals surface area contributed by atoms with Crippen molar-refractivity contribution in [2.45, 2.75) is 24.8 Å². The molecule has 1 aliphatic heterocycles. The largest absolute Gasteiger partial charge is 0.368 e. The predicted octanol–water partition coefficient (Wildman–Crippen LogP) is -0.0679. The van der Waals surface area contributed by atoms with Crippen LogP contribution in [0.1, 0.15) is 12.8 Å². The molecule has 0 spiro atoms. The molecule has 2 fully saturated rings. The van der Waals surface area contributed by atoms with Gasteiger partial charge in [-0.05, 0) is 18.8 Å². The van der Waals surface area contributed by atoms with Crippen molar-refractivity contribution in [3.05, 3.63) is 6.42 Å². The Morgan fingerprint density at radius 1 is 1.40 bits per heavy atom. The van der Waals surface area contributed by atoms with Crippen LogP contribution in [-0.2, 0) is 9.59 Å². The molecule has 6 heteroatoms. The molecule has 2 rings (SSSR count). The van der Waals surface area contributed by atoms with Crippen molar-refractivity contribution in [2.24, 2.45) is 11.7 Å². The Morgan fingerprint density at radius 3 is 2.40 bits per heavy atom. The number of carbonyl (C=O) groups excluding carboxylic acids is 2. The van der Waals surface area contributed by atoms with Gasteiger partial charge in [-0.1, -0.05) is 0 Å². The highest BCUT2D eigenvalue weighted by molar-refractivity contribution is 5.93. The molecule has 15 heavy (non-hydrogen) atoms. The summed E-state index contributed by atoms with van der Waals surface area (Å²) in [6, 6.07) is -1.76. The number of primary amides is 1. The topological polar surface area (TPSA) is 63.4 Å². The van der Waals surface area contributed by atoms with Crippen LogP contribution in [-0.4, -0.2) is 35.2 Å².